The van der Waals surface area contributed by atoms with Crippen LogP contribution in [0.2, 0.25) is 0 Å². The minimum absolute atomic E-state index is 0.0904. The smallest absolute Gasteiger partial charge is 0.255 e. The standard InChI is InChI=1S/C21H23N3O4S/c1-5-29-18-9-7-6-8-15(18)21(25)24(2)13-19-22-20(23-28-19)14-10-11-16(26-3)17(12-14)27-4/h6-12H,5,13H2,1-4H3. The quantitative estimate of drug-likeness (QED) is 0.514. The fraction of sp³-hybridized carbons (Fsp3) is 0.286. The molecule has 3 rings (SSSR count). The summed E-state index contributed by atoms with van der Waals surface area (Å²) in [6, 6.07) is 13.0. The second kappa shape index (κ2) is 9.47. The molecule has 0 fully saturated rings. The van der Waals surface area contributed by atoms with E-state index in [0.717, 1.165) is 16.2 Å². The number of carbonyl (C=O) groups is 1. The molecule has 2 aromatic carbocycles. The number of ether oxygens (including phenoxy) is 2. The van der Waals surface area contributed by atoms with Crippen LogP contribution in [-0.2, 0) is 6.54 Å². The van der Waals surface area contributed by atoms with Crippen LogP contribution in [-0.4, -0.2) is 48.0 Å². The van der Waals surface area contributed by atoms with Crippen molar-refractivity contribution in [1.82, 2.24) is 15.0 Å². The molecule has 8 heteroatoms. The van der Waals surface area contributed by atoms with E-state index in [1.165, 1.54) is 0 Å². The lowest BCUT2D eigenvalue weighted by atomic mass is 10.2. The van der Waals surface area contributed by atoms with Crippen molar-refractivity contribution in [3.05, 3.63) is 53.9 Å². The van der Waals surface area contributed by atoms with Gasteiger partial charge in [-0.05, 0) is 36.1 Å². The Hall–Kier alpha value is -3.00. The molecule has 1 amide bonds. The summed E-state index contributed by atoms with van der Waals surface area (Å²) in [4.78, 5) is 19.8. The minimum Gasteiger partial charge on any atom is -0.493 e. The van der Waals surface area contributed by atoms with Crippen molar-refractivity contribution in [2.75, 3.05) is 27.0 Å². The Bertz CT molecular complexity index is 990. The lowest BCUT2D eigenvalue weighted by molar-refractivity contribution is 0.0766. The van der Waals surface area contributed by atoms with E-state index in [4.69, 9.17) is 14.0 Å². The van der Waals surface area contributed by atoms with Gasteiger partial charge in [0.05, 0.1) is 26.3 Å². The van der Waals surface area contributed by atoms with Gasteiger partial charge in [0.2, 0.25) is 11.7 Å². The molecule has 0 N–H and O–H groups in total. The highest BCUT2D eigenvalue weighted by Gasteiger charge is 2.19. The predicted molar refractivity (Wildman–Crippen MR) is 111 cm³/mol. The van der Waals surface area contributed by atoms with Crippen LogP contribution < -0.4 is 9.47 Å². The summed E-state index contributed by atoms with van der Waals surface area (Å²) < 4.78 is 15.9. The molecule has 0 spiro atoms. The summed E-state index contributed by atoms with van der Waals surface area (Å²) >= 11 is 1.64. The maximum Gasteiger partial charge on any atom is 0.255 e. The zero-order valence-electron chi connectivity index (χ0n) is 16.8. The molecule has 0 aliphatic heterocycles. The molecule has 1 heterocycles. The van der Waals surface area contributed by atoms with Gasteiger partial charge in [0.15, 0.2) is 11.5 Å². The molecule has 0 aliphatic carbocycles. The van der Waals surface area contributed by atoms with Crippen molar-refractivity contribution in [3.8, 4) is 22.9 Å². The van der Waals surface area contributed by atoms with E-state index >= 15 is 0 Å². The lowest BCUT2D eigenvalue weighted by Crippen LogP contribution is -2.26. The number of nitrogens with zero attached hydrogens (tertiary/aromatic N) is 3. The van der Waals surface area contributed by atoms with Crippen LogP contribution >= 0.6 is 11.8 Å². The average molecular weight is 413 g/mol. The highest BCUT2D eigenvalue weighted by Crippen LogP contribution is 2.31. The number of carbonyl (C=O) groups excluding carboxylic acids is 1. The topological polar surface area (TPSA) is 77.7 Å². The summed E-state index contributed by atoms with van der Waals surface area (Å²) in [7, 11) is 4.86. The highest BCUT2D eigenvalue weighted by atomic mass is 32.2. The van der Waals surface area contributed by atoms with E-state index in [-0.39, 0.29) is 12.5 Å². The second-order valence-corrected chi connectivity index (χ2v) is 7.48. The van der Waals surface area contributed by atoms with Crippen molar-refractivity contribution >= 4 is 17.7 Å². The number of methoxy groups -OCH3 is 2. The predicted octanol–water partition coefficient (Wildman–Crippen LogP) is 4.14. The first-order valence-corrected chi connectivity index (χ1v) is 10.1. The van der Waals surface area contributed by atoms with E-state index in [9.17, 15) is 4.79 Å². The number of rotatable bonds is 8. The van der Waals surface area contributed by atoms with E-state index in [1.807, 2.05) is 30.3 Å². The number of thioether (sulfide) groups is 1. The fourth-order valence-corrected chi connectivity index (χ4v) is 3.61. The van der Waals surface area contributed by atoms with E-state index in [0.29, 0.717) is 28.8 Å². The SMILES string of the molecule is CCSc1ccccc1C(=O)N(C)Cc1nc(-c2ccc(OC)c(OC)c2)no1. The highest BCUT2D eigenvalue weighted by molar-refractivity contribution is 7.99. The fourth-order valence-electron chi connectivity index (χ4n) is 2.82. The molecule has 0 unspecified atom stereocenters. The van der Waals surface area contributed by atoms with Gasteiger partial charge in [0.1, 0.15) is 0 Å². The molecule has 1 aromatic heterocycles. The van der Waals surface area contributed by atoms with Crippen LogP contribution in [0.3, 0.4) is 0 Å². The van der Waals surface area contributed by atoms with Gasteiger partial charge in [-0.25, -0.2) is 0 Å². The Kier molecular flexibility index (Phi) is 6.77. The first-order chi connectivity index (χ1) is 14.1. The Labute approximate surface area is 174 Å². The Balaban J connectivity index is 1.75. The van der Waals surface area contributed by atoms with Gasteiger partial charge < -0.3 is 18.9 Å². The van der Waals surface area contributed by atoms with Gasteiger partial charge in [-0.1, -0.05) is 24.2 Å². The molecular weight excluding hydrogens is 390 g/mol. The van der Waals surface area contributed by atoms with Crippen molar-refractivity contribution in [3.63, 3.8) is 0 Å². The molecule has 0 aliphatic rings. The third-order valence-corrected chi connectivity index (χ3v) is 5.20. The average Bonchev–Trinajstić information content (AvgIpc) is 3.21. The lowest BCUT2D eigenvalue weighted by Gasteiger charge is -2.16. The molecule has 0 bridgehead atoms. The summed E-state index contributed by atoms with van der Waals surface area (Å²) in [5.41, 5.74) is 1.40. The normalized spacial score (nSPS) is 10.6. The number of hydrogen-bond donors (Lipinski definition) is 0. The molecule has 29 heavy (non-hydrogen) atoms. The number of hydrogen-bond acceptors (Lipinski definition) is 7. The third-order valence-electron chi connectivity index (χ3n) is 4.25. The minimum atomic E-state index is -0.0904. The Morgan fingerprint density at radius 1 is 1.14 bits per heavy atom. The van der Waals surface area contributed by atoms with Crippen LogP contribution in [0.5, 0.6) is 11.5 Å². The number of aromatic nitrogens is 2. The number of benzene rings is 2. The Morgan fingerprint density at radius 2 is 1.90 bits per heavy atom. The molecule has 7 nitrogen and oxygen atoms in total. The second-order valence-electron chi connectivity index (χ2n) is 6.17. The van der Waals surface area contributed by atoms with Gasteiger partial charge in [-0.3, -0.25) is 4.79 Å². The van der Waals surface area contributed by atoms with Crippen LogP contribution in [0.1, 0.15) is 23.2 Å². The summed E-state index contributed by atoms with van der Waals surface area (Å²) in [5, 5.41) is 4.02. The van der Waals surface area contributed by atoms with Gasteiger partial charge in [-0.15, -0.1) is 11.8 Å². The summed E-state index contributed by atoms with van der Waals surface area (Å²) in [6.45, 7) is 2.27. The summed E-state index contributed by atoms with van der Waals surface area (Å²) in [6.07, 6.45) is 0. The number of amides is 1. The molecule has 0 saturated heterocycles. The van der Waals surface area contributed by atoms with Crippen LogP contribution in [0.25, 0.3) is 11.4 Å². The molecular formula is C21H23N3O4S. The maximum absolute atomic E-state index is 12.9. The van der Waals surface area contributed by atoms with Crippen molar-refractivity contribution < 1.29 is 18.8 Å². The zero-order valence-corrected chi connectivity index (χ0v) is 17.7. The first-order valence-electron chi connectivity index (χ1n) is 9.09. The van der Waals surface area contributed by atoms with E-state index < -0.39 is 0 Å². The molecule has 0 radical (unpaired) electrons. The molecule has 3 aromatic rings. The monoisotopic (exact) mass is 413 g/mol. The molecule has 0 saturated carbocycles. The van der Waals surface area contributed by atoms with Crippen molar-refractivity contribution in [2.45, 2.75) is 18.4 Å². The van der Waals surface area contributed by atoms with Gasteiger partial charge in [0.25, 0.3) is 5.91 Å². The van der Waals surface area contributed by atoms with Crippen molar-refractivity contribution in [1.29, 1.82) is 0 Å². The van der Waals surface area contributed by atoms with Gasteiger partial charge in [-0.2, -0.15) is 4.98 Å². The first kappa shape index (κ1) is 20.7. The van der Waals surface area contributed by atoms with Gasteiger partial charge in [0, 0.05) is 17.5 Å². The maximum atomic E-state index is 12.9. The third kappa shape index (κ3) is 4.71. The van der Waals surface area contributed by atoms with Crippen LogP contribution in [0, 0.1) is 0 Å². The zero-order chi connectivity index (χ0) is 20.8. The largest absolute Gasteiger partial charge is 0.493 e. The van der Waals surface area contributed by atoms with Crippen LogP contribution in [0.15, 0.2) is 51.9 Å². The summed E-state index contributed by atoms with van der Waals surface area (Å²) in [5.74, 6) is 2.77. The van der Waals surface area contributed by atoms with E-state index in [1.54, 1.807) is 50.1 Å². The molecule has 0 atom stereocenters. The van der Waals surface area contributed by atoms with Crippen molar-refractivity contribution in [2.24, 2.45) is 0 Å². The Morgan fingerprint density at radius 3 is 2.62 bits per heavy atom. The van der Waals surface area contributed by atoms with Crippen LogP contribution in [0.4, 0.5) is 0 Å². The van der Waals surface area contributed by atoms with E-state index in [2.05, 4.69) is 17.1 Å². The van der Waals surface area contributed by atoms with Gasteiger partial charge >= 0.3 is 0 Å². The molecule has 152 valence electrons.